The van der Waals surface area contributed by atoms with Crippen LogP contribution in [0.15, 0.2) is 27.7 Å². The number of carbonyl (C=O) groups is 1. The Morgan fingerprint density at radius 2 is 2.27 bits per heavy atom. The van der Waals surface area contributed by atoms with E-state index in [1.54, 1.807) is 12.3 Å². The number of thiazole rings is 1. The maximum Gasteiger partial charge on any atom is 0.345 e. The number of carbonyl (C=O) groups excluding carboxylic acids is 1. The predicted molar refractivity (Wildman–Crippen MR) is 80.9 cm³/mol. The third-order valence-corrected chi connectivity index (χ3v) is 4.92. The van der Waals surface area contributed by atoms with E-state index >= 15 is 0 Å². The lowest BCUT2D eigenvalue weighted by molar-refractivity contribution is -0.119. The Morgan fingerprint density at radius 1 is 1.50 bits per heavy atom. The van der Waals surface area contributed by atoms with Gasteiger partial charge in [-0.2, -0.15) is 8.42 Å². The molecule has 2 heterocycles. The average Bonchev–Trinajstić information content (AvgIpc) is 3.01. The van der Waals surface area contributed by atoms with Crippen molar-refractivity contribution in [1.29, 1.82) is 0 Å². The molecule has 120 valence electrons. The molecular weight excluding hydrogens is 330 g/mol. The molecule has 0 radical (unpaired) electrons. The van der Waals surface area contributed by atoms with Gasteiger partial charge in [0.05, 0.1) is 13.2 Å². The molecule has 2 rings (SSSR count). The van der Waals surface area contributed by atoms with Crippen LogP contribution in [0.3, 0.4) is 0 Å². The second-order valence-corrected chi connectivity index (χ2v) is 6.59. The summed E-state index contributed by atoms with van der Waals surface area (Å²) in [7, 11) is -4.08. The summed E-state index contributed by atoms with van der Waals surface area (Å²) in [5.41, 5.74) is -0.0538. The van der Waals surface area contributed by atoms with Gasteiger partial charge in [0.2, 0.25) is 5.78 Å². The molecule has 10 heteroatoms. The molecule has 0 saturated carbocycles. The number of rotatable bonds is 7. The average molecular weight is 345 g/mol. The van der Waals surface area contributed by atoms with Crippen molar-refractivity contribution in [2.45, 2.75) is 6.92 Å². The minimum absolute atomic E-state index is 0.0532. The third kappa shape index (κ3) is 3.58. The summed E-state index contributed by atoms with van der Waals surface area (Å²) in [4.78, 5) is 15.9. The van der Waals surface area contributed by atoms with Crippen LogP contribution < -0.4 is 0 Å². The highest BCUT2D eigenvalue weighted by Crippen LogP contribution is 2.22. The number of nitrogens with zero attached hydrogens (tertiary/aromatic N) is 3. The second kappa shape index (κ2) is 7.09. The van der Waals surface area contributed by atoms with Crippen LogP contribution in [0.4, 0.5) is 0 Å². The van der Waals surface area contributed by atoms with Gasteiger partial charge in [0.1, 0.15) is 23.0 Å². The van der Waals surface area contributed by atoms with Gasteiger partial charge in [0.15, 0.2) is 0 Å². The van der Waals surface area contributed by atoms with Crippen molar-refractivity contribution < 1.29 is 23.1 Å². The van der Waals surface area contributed by atoms with E-state index in [9.17, 15) is 13.2 Å². The van der Waals surface area contributed by atoms with Crippen molar-refractivity contribution >= 4 is 33.0 Å². The van der Waals surface area contributed by atoms with Crippen molar-refractivity contribution in [3.8, 4) is 0 Å². The molecule has 0 fully saturated rings. The topological polar surface area (TPSA) is 109 Å². The number of allylic oxidation sites excluding steroid dienone is 1. The Kier molecular flexibility index (Phi) is 5.40. The summed E-state index contributed by atoms with van der Waals surface area (Å²) in [6.07, 6.45) is 2.84. The van der Waals surface area contributed by atoms with Gasteiger partial charge >= 0.3 is 10.2 Å². The Morgan fingerprint density at radius 3 is 2.86 bits per heavy atom. The second-order valence-electron chi connectivity index (χ2n) is 4.17. The standard InChI is InChI=1S/C12H15N3O5S2/c1-2-20-5-4-15-10(11(17)8-16)7-9(14-22(15,18)19)12-13-3-6-21-12/h3,6-7,16H,2,4-5,8H2,1H3. The Hall–Kier alpha value is -1.62. The van der Waals surface area contributed by atoms with Crippen LogP contribution in [0.25, 0.3) is 0 Å². The first kappa shape index (κ1) is 16.7. The first-order chi connectivity index (χ1) is 10.5. The van der Waals surface area contributed by atoms with Crippen LogP contribution in [0.1, 0.15) is 11.9 Å². The maximum atomic E-state index is 12.3. The fourth-order valence-electron chi connectivity index (χ4n) is 1.80. The third-order valence-electron chi connectivity index (χ3n) is 2.76. The van der Waals surface area contributed by atoms with Gasteiger partial charge in [-0.05, 0) is 13.0 Å². The molecule has 22 heavy (non-hydrogen) atoms. The normalized spacial score (nSPS) is 17.1. The number of hydrogen-bond donors (Lipinski definition) is 1. The molecule has 0 aliphatic carbocycles. The number of ether oxygens (including phenoxy) is 1. The zero-order valence-electron chi connectivity index (χ0n) is 11.8. The molecular formula is C12H15N3O5S2. The van der Waals surface area contributed by atoms with E-state index in [1.807, 2.05) is 0 Å². The van der Waals surface area contributed by atoms with E-state index < -0.39 is 22.6 Å². The monoisotopic (exact) mass is 345 g/mol. The zero-order valence-corrected chi connectivity index (χ0v) is 13.4. The van der Waals surface area contributed by atoms with Crippen LogP contribution in [0, 0.1) is 0 Å². The molecule has 1 aromatic rings. The van der Waals surface area contributed by atoms with Crippen molar-refractivity contribution in [3.63, 3.8) is 0 Å². The van der Waals surface area contributed by atoms with Crippen LogP contribution >= 0.6 is 11.3 Å². The van der Waals surface area contributed by atoms with E-state index in [-0.39, 0.29) is 24.6 Å². The number of hydrogen-bond acceptors (Lipinski definition) is 7. The molecule has 0 spiro atoms. The Balaban J connectivity index is 2.40. The molecule has 0 unspecified atom stereocenters. The van der Waals surface area contributed by atoms with Gasteiger partial charge in [0, 0.05) is 18.2 Å². The lowest BCUT2D eigenvalue weighted by Gasteiger charge is -2.26. The Labute approximate surface area is 132 Å². The molecule has 0 aromatic carbocycles. The molecule has 1 aliphatic heterocycles. The van der Waals surface area contributed by atoms with E-state index in [0.717, 1.165) is 4.31 Å². The molecule has 1 N–H and O–H groups in total. The largest absolute Gasteiger partial charge is 0.388 e. The van der Waals surface area contributed by atoms with E-state index in [4.69, 9.17) is 9.84 Å². The van der Waals surface area contributed by atoms with Crippen molar-refractivity contribution in [2.75, 3.05) is 26.4 Å². The molecule has 1 aromatic heterocycles. The highest BCUT2D eigenvalue weighted by molar-refractivity contribution is 7.88. The quantitative estimate of drug-likeness (QED) is 0.695. The minimum Gasteiger partial charge on any atom is -0.388 e. The molecule has 0 amide bonds. The van der Waals surface area contributed by atoms with E-state index in [2.05, 4.69) is 9.38 Å². The van der Waals surface area contributed by atoms with Gasteiger partial charge in [0.25, 0.3) is 0 Å². The maximum absolute atomic E-state index is 12.3. The summed E-state index contributed by atoms with van der Waals surface area (Å²) in [5.74, 6) is -0.705. The summed E-state index contributed by atoms with van der Waals surface area (Å²) in [5, 5.41) is 11.1. The molecule has 8 nitrogen and oxygen atoms in total. The zero-order chi connectivity index (χ0) is 16.2. The lowest BCUT2D eigenvalue weighted by atomic mass is 10.2. The van der Waals surface area contributed by atoms with Gasteiger partial charge < -0.3 is 9.84 Å². The van der Waals surface area contributed by atoms with Gasteiger partial charge in [-0.1, -0.05) is 0 Å². The number of aromatic nitrogens is 1. The van der Waals surface area contributed by atoms with Crippen molar-refractivity contribution in [3.05, 3.63) is 28.4 Å². The van der Waals surface area contributed by atoms with Crippen LogP contribution in [0.5, 0.6) is 0 Å². The SMILES string of the molecule is CCOCCN1C(C(=O)CO)=CC(c2nccs2)=NS1(=O)=O. The van der Waals surface area contributed by atoms with Gasteiger partial charge in [-0.3, -0.25) is 4.79 Å². The molecule has 0 bridgehead atoms. The predicted octanol–water partition coefficient (Wildman–Crippen LogP) is -0.0256. The molecule has 0 saturated heterocycles. The lowest BCUT2D eigenvalue weighted by Crippen LogP contribution is -2.39. The summed E-state index contributed by atoms with van der Waals surface area (Å²) in [6.45, 7) is 1.47. The van der Waals surface area contributed by atoms with Gasteiger partial charge in [-0.15, -0.1) is 15.7 Å². The van der Waals surface area contributed by atoms with Gasteiger partial charge in [-0.25, -0.2) is 9.29 Å². The summed E-state index contributed by atoms with van der Waals surface area (Å²) < 4.78 is 34.2. The van der Waals surface area contributed by atoms with Crippen molar-refractivity contribution in [1.82, 2.24) is 9.29 Å². The Bertz CT molecular complexity index is 694. The van der Waals surface area contributed by atoms with E-state index in [0.29, 0.717) is 11.6 Å². The fourth-order valence-corrected chi connectivity index (χ4v) is 3.65. The number of aliphatic hydroxyl groups excluding tert-OH is 1. The summed E-state index contributed by atoms with van der Waals surface area (Å²) in [6, 6.07) is 0. The highest BCUT2D eigenvalue weighted by atomic mass is 32.2. The number of aliphatic hydroxyl groups is 1. The molecule has 0 atom stereocenters. The van der Waals surface area contributed by atoms with Crippen LogP contribution in [-0.2, 0) is 19.7 Å². The first-order valence-electron chi connectivity index (χ1n) is 6.45. The number of Topliss-reactive ketones (excluding diaryl/α,β-unsaturated/α-hetero) is 1. The van der Waals surface area contributed by atoms with Crippen LogP contribution in [-0.4, -0.2) is 60.7 Å². The van der Waals surface area contributed by atoms with E-state index in [1.165, 1.54) is 23.6 Å². The fraction of sp³-hybridized carbons (Fsp3) is 0.417. The van der Waals surface area contributed by atoms with Crippen molar-refractivity contribution in [2.24, 2.45) is 4.40 Å². The molecule has 1 aliphatic rings. The summed E-state index contributed by atoms with van der Waals surface area (Å²) >= 11 is 1.21. The van der Waals surface area contributed by atoms with Crippen LogP contribution in [0.2, 0.25) is 0 Å². The number of ketones is 1. The minimum atomic E-state index is -4.08. The first-order valence-corrected chi connectivity index (χ1v) is 8.73. The highest BCUT2D eigenvalue weighted by Gasteiger charge is 2.32. The smallest absolute Gasteiger partial charge is 0.345 e.